The van der Waals surface area contributed by atoms with Crippen LogP contribution in [-0.4, -0.2) is 83.3 Å². The molecule has 3 heterocycles. The fourth-order valence-electron chi connectivity index (χ4n) is 5.46. The summed E-state index contributed by atoms with van der Waals surface area (Å²) >= 11 is 3.45. The number of carbonyl (C=O) groups is 3. The molecule has 2 aromatic carbocycles. The Morgan fingerprint density at radius 1 is 1.00 bits per heavy atom. The number of rotatable bonds is 7. The molecule has 0 aliphatic carbocycles. The van der Waals surface area contributed by atoms with Gasteiger partial charge in [-0.2, -0.15) is 0 Å². The van der Waals surface area contributed by atoms with Gasteiger partial charge in [0.2, 0.25) is 5.91 Å². The van der Waals surface area contributed by atoms with Gasteiger partial charge in [0.1, 0.15) is 17.9 Å². The molecule has 0 radical (unpaired) electrons. The lowest BCUT2D eigenvalue weighted by atomic mass is 10.0. The third kappa shape index (κ3) is 6.12. The highest BCUT2D eigenvalue weighted by molar-refractivity contribution is 9.10. The number of nitrogens with zero attached hydrogens (tertiary/aromatic N) is 4. The standard InChI is InChI=1S/C30H35BrN6O6/c1-17(2)26(34-29(39)43-5)28(38)37-16-36(15-23(37)27-32-12-22(33-27)18-6-8-21(31)9-7-18)30(40)35-13-19-10-24(41-3)25(42-4)11-20(19)14-35/h6-12,17,23,26H,13-16H2,1-5H3,(H,32,33)(H,34,39)/t23-,26?/m0/s1. The van der Waals surface area contributed by atoms with Crippen LogP contribution >= 0.6 is 15.9 Å². The quantitative estimate of drug-likeness (QED) is 0.383. The number of amides is 4. The van der Waals surface area contributed by atoms with Crippen molar-refractivity contribution in [2.24, 2.45) is 5.92 Å². The van der Waals surface area contributed by atoms with Crippen LogP contribution in [0.3, 0.4) is 0 Å². The molecule has 0 bridgehead atoms. The fraction of sp³-hybridized carbons (Fsp3) is 0.400. The van der Waals surface area contributed by atoms with E-state index in [-0.39, 0.29) is 31.1 Å². The van der Waals surface area contributed by atoms with E-state index in [4.69, 9.17) is 19.2 Å². The average molecular weight is 656 g/mol. The second kappa shape index (κ2) is 12.5. The predicted octanol–water partition coefficient (Wildman–Crippen LogP) is 4.52. The van der Waals surface area contributed by atoms with Gasteiger partial charge in [-0.25, -0.2) is 14.6 Å². The maximum atomic E-state index is 14.0. The molecule has 13 heteroatoms. The first-order valence-corrected chi connectivity index (χ1v) is 14.7. The number of H-pyrrole nitrogens is 1. The number of imidazole rings is 1. The second-order valence-corrected chi connectivity index (χ2v) is 11.8. The minimum Gasteiger partial charge on any atom is -0.493 e. The average Bonchev–Trinajstić information content (AvgIpc) is 3.76. The van der Waals surface area contributed by atoms with Gasteiger partial charge in [-0.05, 0) is 41.3 Å². The van der Waals surface area contributed by atoms with E-state index in [0.29, 0.717) is 36.1 Å². The lowest BCUT2D eigenvalue weighted by Gasteiger charge is -2.29. The Morgan fingerprint density at radius 3 is 2.19 bits per heavy atom. The number of alkyl carbamates (subject to hydrolysis) is 1. The van der Waals surface area contributed by atoms with Crippen molar-refractivity contribution in [1.29, 1.82) is 0 Å². The highest BCUT2D eigenvalue weighted by Gasteiger charge is 2.43. The lowest BCUT2D eigenvalue weighted by molar-refractivity contribution is -0.135. The number of benzene rings is 2. The number of urea groups is 1. The lowest BCUT2D eigenvalue weighted by Crippen LogP contribution is -2.52. The Morgan fingerprint density at radius 2 is 1.63 bits per heavy atom. The monoisotopic (exact) mass is 654 g/mol. The number of nitrogens with one attached hydrogen (secondary N) is 2. The Bertz CT molecular complexity index is 1480. The number of halogens is 1. The van der Waals surface area contributed by atoms with Crippen LogP contribution in [0.1, 0.15) is 36.8 Å². The summed E-state index contributed by atoms with van der Waals surface area (Å²) in [5.41, 5.74) is 3.57. The van der Waals surface area contributed by atoms with Crippen LogP contribution in [0.25, 0.3) is 11.3 Å². The maximum absolute atomic E-state index is 14.0. The van der Waals surface area contributed by atoms with Crippen molar-refractivity contribution in [3.63, 3.8) is 0 Å². The molecule has 3 aromatic rings. The summed E-state index contributed by atoms with van der Waals surface area (Å²) in [6, 6.07) is 9.90. The number of aromatic nitrogens is 2. The number of hydrogen-bond donors (Lipinski definition) is 2. The Kier molecular flexibility index (Phi) is 8.81. The van der Waals surface area contributed by atoms with Crippen molar-refractivity contribution in [3.05, 3.63) is 64.0 Å². The van der Waals surface area contributed by atoms with Crippen molar-refractivity contribution in [2.45, 2.75) is 39.0 Å². The van der Waals surface area contributed by atoms with E-state index in [1.165, 1.54) is 7.11 Å². The number of carbonyl (C=O) groups excluding carboxylic acids is 3. The van der Waals surface area contributed by atoms with E-state index < -0.39 is 18.2 Å². The van der Waals surface area contributed by atoms with Crippen molar-refractivity contribution in [1.82, 2.24) is 30.0 Å². The van der Waals surface area contributed by atoms with Crippen molar-refractivity contribution in [2.75, 3.05) is 34.5 Å². The number of methoxy groups -OCH3 is 3. The minimum atomic E-state index is -0.859. The Balaban J connectivity index is 1.42. The summed E-state index contributed by atoms with van der Waals surface area (Å²) in [5.74, 6) is 1.18. The molecule has 2 atom stereocenters. The minimum absolute atomic E-state index is 0.0300. The molecule has 1 fully saturated rings. The van der Waals surface area contributed by atoms with Crippen LogP contribution in [0.15, 0.2) is 47.1 Å². The molecular formula is C30H35BrN6O6. The maximum Gasteiger partial charge on any atom is 0.407 e. The number of aromatic amines is 1. The van der Waals surface area contributed by atoms with Gasteiger partial charge in [-0.15, -0.1) is 0 Å². The van der Waals surface area contributed by atoms with E-state index >= 15 is 0 Å². The SMILES string of the molecule is COC(=O)NC(C(=O)N1CN(C(=O)N2Cc3cc(OC)c(OC)cc3C2)C[C@H]1c1nc(-c2ccc(Br)cc2)c[nH]1)C(C)C. The number of fused-ring (bicyclic) bond motifs is 1. The molecule has 1 unspecified atom stereocenters. The first-order valence-electron chi connectivity index (χ1n) is 13.9. The predicted molar refractivity (Wildman–Crippen MR) is 161 cm³/mol. The van der Waals surface area contributed by atoms with Crippen LogP contribution in [-0.2, 0) is 22.6 Å². The second-order valence-electron chi connectivity index (χ2n) is 10.8. The molecule has 2 aliphatic heterocycles. The zero-order valence-electron chi connectivity index (χ0n) is 24.7. The van der Waals surface area contributed by atoms with E-state index in [9.17, 15) is 14.4 Å². The first kappa shape index (κ1) is 30.2. The van der Waals surface area contributed by atoms with Crippen molar-refractivity contribution in [3.8, 4) is 22.8 Å². The molecule has 43 heavy (non-hydrogen) atoms. The third-order valence-corrected chi connectivity index (χ3v) is 8.32. The van der Waals surface area contributed by atoms with Gasteiger partial charge in [0.05, 0.1) is 40.2 Å². The summed E-state index contributed by atoms with van der Waals surface area (Å²) in [7, 11) is 4.41. The molecule has 0 saturated carbocycles. The van der Waals surface area contributed by atoms with Gasteiger partial charge in [-0.1, -0.05) is 41.9 Å². The van der Waals surface area contributed by atoms with Crippen LogP contribution in [0.2, 0.25) is 0 Å². The molecule has 228 valence electrons. The Labute approximate surface area is 258 Å². The molecule has 1 saturated heterocycles. The number of hydrogen-bond acceptors (Lipinski definition) is 7. The van der Waals surface area contributed by atoms with Crippen molar-refractivity contribution < 1.29 is 28.6 Å². The van der Waals surface area contributed by atoms with E-state index in [1.807, 2.05) is 50.2 Å². The van der Waals surface area contributed by atoms with E-state index in [2.05, 4.69) is 26.2 Å². The van der Waals surface area contributed by atoms with Crippen LogP contribution in [0.5, 0.6) is 11.5 Å². The summed E-state index contributed by atoms with van der Waals surface area (Å²) in [5, 5.41) is 2.66. The molecule has 4 amide bonds. The topological polar surface area (TPSA) is 129 Å². The normalized spacial score (nSPS) is 16.7. The first-order chi connectivity index (χ1) is 20.6. The zero-order valence-corrected chi connectivity index (χ0v) is 26.3. The zero-order chi connectivity index (χ0) is 30.8. The highest BCUT2D eigenvalue weighted by Crippen LogP contribution is 2.36. The largest absolute Gasteiger partial charge is 0.493 e. The van der Waals surface area contributed by atoms with Gasteiger partial charge >= 0.3 is 12.1 Å². The van der Waals surface area contributed by atoms with Gasteiger partial charge < -0.3 is 39.2 Å². The van der Waals surface area contributed by atoms with Crippen LogP contribution in [0.4, 0.5) is 9.59 Å². The fourth-order valence-corrected chi connectivity index (χ4v) is 5.72. The summed E-state index contributed by atoms with van der Waals surface area (Å²) < 4.78 is 16.6. The van der Waals surface area contributed by atoms with E-state index in [1.54, 1.807) is 35.1 Å². The van der Waals surface area contributed by atoms with Gasteiger partial charge in [-0.3, -0.25) is 4.79 Å². The van der Waals surface area contributed by atoms with Gasteiger partial charge in [0.25, 0.3) is 0 Å². The van der Waals surface area contributed by atoms with Crippen LogP contribution in [0, 0.1) is 5.92 Å². The van der Waals surface area contributed by atoms with Gasteiger partial charge in [0, 0.05) is 29.3 Å². The van der Waals surface area contributed by atoms with E-state index in [0.717, 1.165) is 21.2 Å². The Hall–Kier alpha value is -4.26. The molecule has 5 rings (SSSR count). The van der Waals surface area contributed by atoms with Crippen LogP contribution < -0.4 is 14.8 Å². The summed E-state index contributed by atoms with van der Waals surface area (Å²) in [6.45, 7) is 4.74. The smallest absolute Gasteiger partial charge is 0.407 e. The molecule has 1 aromatic heterocycles. The molecular weight excluding hydrogens is 620 g/mol. The number of ether oxygens (including phenoxy) is 3. The summed E-state index contributed by atoms with van der Waals surface area (Å²) in [4.78, 5) is 53.0. The molecule has 0 spiro atoms. The summed E-state index contributed by atoms with van der Waals surface area (Å²) in [6.07, 6.45) is 1.09. The highest BCUT2D eigenvalue weighted by atomic mass is 79.9. The van der Waals surface area contributed by atoms with Crippen molar-refractivity contribution >= 4 is 34.0 Å². The molecule has 2 aliphatic rings. The molecule has 2 N–H and O–H groups in total. The third-order valence-electron chi connectivity index (χ3n) is 7.79. The van der Waals surface area contributed by atoms with Gasteiger partial charge in [0.15, 0.2) is 11.5 Å². The molecule has 12 nitrogen and oxygen atoms in total.